The molecular formula is C15H14BrNO3S. The van der Waals surface area contributed by atoms with Gasteiger partial charge in [0.1, 0.15) is 0 Å². The smallest absolute Gasteiger partial charge is 0.240 e. The predicted octanol–water partition coefficient (Wildman–Crippen LogP) is 2.92. The van der Waals surface area contributed by atoms with Crippen LogP contribution in [0.5, 0.6) is 0 Å². The summed E-state index contributed by atoms with van der Waals surface area (Å²) >= 11 is 3.28. The Bertz CT molecular complexity index is 737. The standard InChI is InChI=1S/C15H14BrNO3S/c1-11-2-8-14(9-3-11)21(19,20)17-10-15(18)12-4-6-13(16)7-5-12/h2-9,17H,10H2,1H3. The molecule has 0 aromatic heterocycles. The van der Waals surface area contributed by atoms with Crippen LogP contribution in [-0.2, 0) is 10.0 Å². The molecule has 2 aromatic rings. The molecule has 0 spiro atoms. The molecule has 4 nitrogen and oxygen atoms in total. The maximum atomic E-state index is 12.1. The summed E-state index contributed by atoms with van der Waals surface area (Å²) in [4.78, 5) is 12.1. The zero-order valence-corrected chi connectivity index (χ0v) is 13.7. The molecule has 1 N–H and O–H groups in total. The first-order valence-electron chi connectivity index (χ1n) is 6.23. The van der Waals surface area contributed by atoms with Gasteiger partial charge in [0.25, 0.3) is 0 Å². The van der Waals surface area contributed by atoms with Crippen molar-refractivity contribution >= 4 is 31.7 Å². The topological polar surface area (TPSA) is 63.2 Å². The van der Waals surface area contributed by atoms with Gasteiger partial charge in [-0.05, 0) is 31.2 Å². The summed E-state index contributed by atoms with van der Waals surface area (Å²) in [6.45, 7) is 1.61. The van der Waals surface area contributed by atoms with E-state index < -0.39 is 10.0 Å². The van der Waals surface area contributed by atoms with Crippen molar-refractivity contribution in [1.29, 1.82) is 0 Å². The fourth-order valence-electron chi connectivity index (χ4n) is 1.70. The summed E-state index contributed by atoms with van der Waals surface area (Å²) < 4.78 is 27.3. The van der Waals surface area contributed by atoms with Crippen LogP contribution in [0.15, 0.2) is 57.9 Å². The zero-order valence-electron chi connectivity index (χ0n) is 11.3. The Morgan fingerprint density at radius 2 is 1.62 bits per heavy atom. The number of carbonyl (C=O) groups excluding carboxylic acids is 1. The van der Waals surface area contributed by atoms with Crippen molar-refractivity contribution in [2.45, 2.75) is 11.8 Å². The Balaban J connectivity index is 2.06. The van der Waals surface area contributed by atoms with E-state index in [1.54, 1.807) is 36.4 Å². The second-order valence-corrected chi connectivity index (χ2v) is 7.25. The second kappa shape index (κ2) is 6.51. The quantitative estimate of drug-likeness (QED) is 0.826. The molecule has 0 aliphatic carbocycles. The van der Waals surface area contributed by atoms with Crippen LogP contribution in [0.2, 0.25) is 0 Å². The van der Waals surface area contributed by atoms with E-state index in [1.807, 2.05) is 6.92 Å². The lowest BCUT2D eigenvalue weighted by atomic mass is 10.1. The maximum Gasteiger partial charge on any atom is 0.240 e. The maximum absolute atomic E-state index is 12.1. The van der Waals surface area contributed by atoms with E-state index in [1.165, 1.54) is 12.1 Å². The van der Waals surface area contributed by atoms with Crippen LogP contribution in [-0.4, -0.2) is 20.7 Å². The minimum absolute atomic E-state index is 0.150. The van der Waals surface area contributed by atoms with E-state index in [-0.39, 0.29) is 17.2 Å². The van der Waals surface area contributed by atoms with Crippen molar-refractivity contribution in [1.82, 2.24) is 4.72 Å². The van der Waals surface area contributed by atoms with E-state index in [2.05, 4.69) is 20.7 Å². The highest BCUT2D eigenvalue weighted by atomic mass is 79.9. The third-order valence-electron chi connectivity index (χ3n) is 2.92. The van der Waals surface area contributed by atoms with Crippen LogP contribution in [0.1, 0.15) is 15.9 Å². The van der Waals surface area contributed by atoms with Gasteiger partial charge in [0.05, 0.1) is 11.4 Å². The SMILES string of the molecule is Cc1ccc(S(=O)(=O)NCC(=O)c2ccc(Br)cc2)cc1. The molecule has 0 fully saturated rings. The summed E-state index contributed by atoms with van der Waals surface area (Å²) in [5.41, 5.74) is 1.43. The van der Waals surface area contributed by atoms with Gasteiger partial charge in [-0.25, -0.2) is 13.1 Å². The van der Waals surface area contributed by atoms with Crippen LogP contribution in [0.4, 0.5) is 0 Å². The molecule has 0 amide bonds. The van der Waals surface area contributed by atoms with Crippen molar-refractivity contribution in [3.8, 4) is 0 Å². The van der Waals surface area contributed by atoms with Gasteiger partial charge in [-0.1, -0.05) is 45.8 Å². The molecule has 0 saturated heterocycles. The number of aryl methyl sites for hydroxylation is 1. The Hall–Kier alpha value is -1.50. The summed E-state index contributed by atoms with van der Waals surface area (Å²) in [6, 6.07) is 13.2. The van der Waals surface area contributed by atoms with E-state index in [0.29, 0.717) is 5.56 Å². The Labute approximate surface area is 132 Å². The zero-order chi connectivity index (χ0) is 15.5. The summed E-state index contributed by atoms with van der Waals surface area (Å²) in [6.07, 6.45) is 0. The third-order valence-corrected chi connectivity index (χ3v) is 4.87. The average Bonchev–Trinajstić information content (AvgIpc) is 2.46. The number of ketones is 1. The van der Waals surface area contributed by atoms with Gasteiger partial charge >= 0.3 is 0 Å². The van der Waals surface area contributed by atoms with Gasteiger partial charge in [0.2, 0.25) is 10.0 Å². The molecule has 0 heterocycles. The van der Waals surface area contributed by atoms with Gasteiger partial charge in [0.15, 0.2) is 5.78 Å². The first kappa shape index (κ1) is 15.9. The van der Waals surface area contributed by atoms with Crippen molar-refractivity contribution in [2.24, 2.45) is 0 Å². The molecule has 2 aromatic carbocycles. The first-order chi connectivity index (χ1) is 9.88. The molecule has 0 saturated carbocycles. The molecule has 0 unspecified atom stereocenters. The highest BCUT2D eigenvalue weighted by Crippen LogP contribution is 2.12. The normalized spacial score (nSPS) is 11.3. The summed E-state index contributed by atoms with van der Waals surface area (Å²) in [5, 5.41) is 0. The van der Waals surface area contributed by atoms with Gasteiger partial charge in [-0.3, -0.25) is 4.79 Å². The van der Waals surface area contributed by atoms with E-state index in [0.717, 1.165) is 10.0 Å². The minimum atomic E-state index is -3.67. The van der Waals surface area contributed by atoms with Crippen LogP contribution in [0, 0.1) is 6.92 Å². The number of hydrogen-bond acceptors (Lipinski definition) is 3. The number of benzene rings is 2. The number of halogens is 1. The number of nitrogens with one attached hydrogen (secondary N) is 1. The largest absolute Gasteiger partial charge is 0.293 e. The van der Waals surface area contributed by atoms with Gasteiger partial charge < -0.3 is 0 Å². The van der Waals surface area contributed by atoms with E-state index >= 15 is 0 Å². The van der Waals surface area contributed by atoms with Crippen LogP contribution in [0.25, 0.3) is 0 Å². The lowest BCUT2D eigenvalue weighted by molar-refractivity contribution is 0.0997. The fraction of sp³-hybridized carbons (Fsp3) is 0.133. The molecule has 110 valence electrons. The fourth-order valence-corrected chi connectivity index (χ4v) is 2.95. The number of sulfonamides is 1. The minimum Gasteiger partial charge on any atom is -0.293 e. The lowest BCUT2D eigenvalue weighted by Gasteiger charge is -2.07. The van der Waals surface area contributed by atoms with Gasteiger partial charge in [-0.2, -0.15) is 0 Å². The number of Topliss-reactive ketones (excluding diaryl/α,β-unsaturated/α-hetero) is 1. The third kappa shape index (κ3) is 4.23. The molecule has 0 bridgehead atoms. The van der Waals surface area contributed by atoms with Crippen molar-refractivity contribution < 1.29 is 13.2 Å². The number of carbonyl (C=O) groups is 1. The van der Waals surface area contributed by atoms with Crippen molar-refractivity contribution in [3.05, 3.63) is 64.1 Å². The van der Waals surface area contributed by atoms with Gasteiger partial charge in [0, 0.05) is 10.0 Å². The molecular weight excluding hydrogens is 354 g/mol. The molecule has 6 heteroatoms. The Morgan fingerprint density at radius 1 is 1.05 bits per heavy atom. The van der Waals surface area contributed by atoms with Crippen molar-refractivity contribution in [2.75, 3.05) is 6.54 Å². The lowest BCUT2D eigenvalue weighted by Crippen LogP contribution is -2.29. The molecule has 0 atom stereocenters. The van der Waals surface area contributed by atoms with Crippen LogP contribution >= 0.6 is 15.9 Å². The van der Waals surface area contributed by atoms with Crippen LogP contribution in [0.3, 0.4) is 0 Å². The highest BCUT2D eigenvalue weighted by Gasteiger charge is 2.15. The Morgan fingerprint density at radius 3 is 2.19 bits per heavy atom. The van der Waals surface area contributed by atoms with E-state index in [4.69, 9.17) is 0 Å². The molecule has 2 rings (SSSR count). The number of rotatable bonds is 5. The van der Waals surface area contributed by atoms with Crippen molar-refractivity contribution in [3.63, 3.8) is 0 Å². The Kier molecular flexibility index (Phi) is 4.92. The molecule has 0 aliphatic heterocycles. The summed E-state index contributed by atoms with van der Waals surface area (Å²) in [5.74, 6) is -0.279. The molecule has 21 heavy (non-hydrogen) atoms. The monoisotopic (exact) mass is 367 g/mol. The van der Waals surface area contributed by atoms with Gasteiger partial charge in [-0.15, -0.1) is 0 Å². The molecule has 0 radical (unpaired) electrons. The second-order valence-electron chi connectivity index (χ2n) is 4.57. The van der Waals surface area contributed by atoms with E-state index in [9.17, 15) is 13.2 Å². The van der Waals surface area contributed by atoms with Crippen LogP contribution < -0.4 is 4.72 Å². The average molecular weight is 368 g/mol. The highest BCUT2D eigenvalue weighted by molar-refractivity contribution is 9.10. The first-order valence-corrected chi connectivity index (χ1v) is 8.51. The number of hydrogen-bond donors (Lipinski definition) is 1. The molecule has 0 aliphatic rings. The predicted molar refractivity (Wildman–Crippen MR) is 84.8 cm³/mol. The summed E-state index contributed by atoms with van der Waals surface area (Å²) in [7, 11) is -3.67.